The zero-order valence-corrected chi connectivity index (χ0v) is 7.55. The van der Waals surface area contributed by atoms with E-state index in [1.54, 1.807) is 6.92 Å². The molecule has 1 atom stereocenters. The van der Waals surface area contributed by atoms with Crippen molar-refractivity contribution in [2.75, 3.05) is 6.54 Å². The van der Waals surface area contributed by atoms with Crippen LogP contribution in [0.4, 0.5) is 0 Å². The largest absolute Gasteiger partial charge is 0.329 e. The molecule has 0 aromatic rings. The third kappa shape index (κ3) is 2.01. The second kappa shape index (κ2) is 4.15. The molecule has 1 amide bonds. The number of amides is 1. The topological polar surface area (TPSA) is 20.3 Å². The van der Waals surface area contributed by atoms with Crippen molar-refractivity contribution in [1.29, 1.82) is 0 Å². The van der Waals surface area contributed by atoms with Crippen molar-refractivity contribution in [3.05, 3.63) is 0 Å². The number of likely N-dealkylation sites (tertiary alicyclic amines) is 1. The van der Waals surface area contributed by atoms with Crippen LogP contribution in [0.3, 0.4) is 0 Å². The van der Waals surface area contributed by atoms with Gasteiger partial charge in [-0.05, 0) is 12.8 Å². The van der Waals surface area contributed by atoms with Gasteiger partial charge < -0.3 is 4.90 Å². The minimum Gasteiger partial charge on any atom is -0.329 e. The monoisotopic (exact) mass is 165 g/mol. The number of carbonyl (C=O) groups excluding carboxylic acids is 1. The molecule has 1 aliphatic rings. The summed E-state index contributed by atoms with van der Waals surface area (Å²) in [4.78, 5) is 13.0. The molecule has 1 fully saturated rings. The normalized spacial score (nSPS) is 24.3. The third-order valence-corrected chi connectivity index (χ3v) is 2.35. The Bertz CT molecular complexity index is 204. The molecule has 0 aliphatic carbocycles. The Kier molecular flexibility index (Phi) is 3.16. The number of nitrogens with zero attached hydrogens (tertiary/aromatic N) is 1. The Morgan fingerprint density at radius 2 is 2.25 bits per heavy atom. The Morgan fingerprint density at radius 1 is 1.50 bits per heavy atom. The lowest BCUT2D eigenvalue weighted by molar-refractivity contribution is -0.129. The summed E-state index contributed by atoms with van der Waals surface area (Å²) in [6.45, 7) is 2.43. The summed E-state index contributed by atoms with van der Waals surface area (Å²) in [5.74, 6) is 2.79. The molecular formula is C10H15NO. The summed E-state index contributed by atoms with van der Waals surface area (Å²) in [7, 11) is 0. The van der Waals surface area contributed by atoms with Crippen LogP contribution >= 0.6 is 0 Å². The van der Waals surface area contributed by atoms with E-state index >= 15 is 0 Å². The Balaban J connectivity index is 2.65. The highest BCUT2D eigenvalue weighted by atomic mass is 16.2. The fourth-order valence-corrected chi connectivity index (χ4v) is 1.66. The number of hydrogen-bond acceptors (Lipinski definition) is 1. The minimum atomic E-state index is 0.0463. The van der Waals surface area contributed by atoms with E-state index in [-0.39, 0.29) is 11.9 Å². The average Bonchev–Trinajstić information content (AvgIpc) is 2.27. The minimum absolute atomic E-state index is 0.0463. The van der Waals surface area contributed by atoms with Gasteiger partial charge in [-0.1, -0.05) is 18.8 Å². The highest BCUT2D eigenvalue weighted by molar-refractivity contribution is 5.74. The van der Waals surface area contributed by atoms with E-state index in [1.807, 2.05) is 4.90 Å². The highest BCUT2D eigenvalue weighted by Crippen LogP contribution is 2.15. The van der Waals surface area contributed by atoms with Gasteiger partial charge in [0.2, 0.25) is 5.91 Å². The fourth-order valence-electron chi connectivity index (χ4n) is 1.66. The second-order valence-electron chi connectivity index (χ2n) is 3.24. The van der Waals surface area contributed by atoms with Crippen LogP contribution in [0.25, 0.3) is 0 Å². The molecule has 12 heavy (non-hydrogen) atoms. The van der Waals surface area contributed by atoms with Crippen molar-refractivity contribution in [3.8, 4) is 12.3 Å². The predicted octanol–water partition coefficient (Wildman–Crippen LogP) is 1.41. The molecule has 2 nitrogen and oxygen atoms in total. The number of carbonyl (C=O) groups is 1. The van der Waals surface area contributed by atoms with E-state index in [1.165, 1.54) is 6.42 Å². The molecule has 1 saturated heterocycles. The second-order valence-corrected chi connectivity index (χ2v) is 3.24. The van der Waals surface area contributed by atoms with Crippen LogP contribution in [0.1, 0.15) is 32.6 Å². The summed E-state index contributed by atoms with van der Waals surface area (Å²) >= 11 is 0. The molecule has 0 aromatic heterocycles. The lowest BCUT2D eigenvalue weighted by Gasteiger charge is -2.24. The highest BCUT2D eigenvalue weighted by Gasteiger charge is 2.20. The first kappa shape index (κ1) is 9.12. The van der Waals surface area contributed by atoms with Crippen LogP contribution in [-0.2, 0) is 4.79 Å². The van der Waals surface area contributed by atoms with Gasteiger partial charge in [-0.3, -0.25) is 4.79 Å². The van der Waals surface area contributed by atoms with Crippen LogP contribution in [0.2, 0.25) is 0 Å². The Hall–Kier alpha value is -0.970. The predicted molar refractivity (Wildman–Crippen MR) is 48.5 cm³/mol. The van der Waals surface area contributed by atoms with Crippen LogP contribution < -0.4 is 0 Å². The van der Waals surface area contributed by atoms with E-state index in [9.17, 15) is 4.79 Å². The van der Waals surface area contributed by atoms with Crippen molar-refractivity contribution in [2.45, 2.75) is 38.6 Å². The van der Waals surface area contributed by atoms with Gasteiger partial charge in [-0.25, -0.2) is 0 Å². The molecule has 1 rings (SSSR count). The summed E-state index contributed by atoms with van der Waals surface area (Å²) in [6.07, 6.45) is 9.77. The lowest BCUT2D eigenvalue weighted by Crippen LogP contribution is -2.37. The molecule has 0 bridgehead atoms. The maximum atomic E-state index is 11.2. The van der Waals surface area contributed by atoms with Crippen molar-refractivity contribution in [3.63, 3.8) is 0 Å². The van der Waals surface area contributed by atoms with Crippen LogP contribution in [0, 0.1) is 12.3 Å². The van der Waals surface area contributed by atoms with Crippen molar-refractivity contribution in [2.24, 2.45) is 0 Å². The Labute approximate surface area is 73.9 Å². The molecule has 1 aliphatic heterocycles. The first-order valence-electron chi connectivity index (χ1n) is 4.49. The van der Waals surface area contributed by atoms with Gasteiger partial charge in [0.1, 0.15) is 0 Å². The number of terminal acetylenes is 1. The van der Waals surface area contributed by atoms with Crippen LogP contribution in [0.5, 0.6) is 0 Å². The van der Waals surface area contributed by atoms with Gasteiger partial charge in [0.05, 0.1) is 6.04 Å². The summed E-state index contributed by atoms with van der Waals surface area (Å²) in [5, 5.41) is 0. The molecule has 0 radical (unpaired) electrons. The van der Waals surface area contributed by atoms with E-state index in [4.69, 9.17) is 6.42 Å². The molecule has 0 N–H and O–H groups in total. The van der Waals surface area contributed by atoms with Gasteiger partial charge >= 0.3 is 0 Å². The molecule has 0 aromatic carbocycles. The SMILES string of the molecule is C#C[C@@H]1CCCCCN1C(C)=O. The number of rotatable bonds is 0. The van der Waals surface area contributed by atoms with Gasteiger partial charge in [0.25, 0.3) is 0 Å². The standard InChI is InChI=1S/C10H15NO/c1-3-10-7-5-4-6-8-11(10)9(2)12/h1,10H,4-8H2,2H3/t10-/m1/s1. The lowest BCUT2D eigenvalue weighted by atomic mass is 10.1. The molecule has 66 valence electrons. The van der Waals surface area contributed by atoms with Gasteiger partial charge in [0, 0.05) is 13.5 Å². The first-order valence-corrected chi connectivity index (χ1v) is 4.49. The zero-order chi connectivity index (χ0) is 8.97. The molecule has 2 heteroatoms. The molecule has 0 saturated carbocycles. The van der Waals surface area contributed by atoms with E-state index < -0.39 is 0 Å². The maximum Gasteiger partial charge on any atom is 0.220 e. The van der Waals surface area contributed by atoms with Crippen LogP contribution in [-0.4, -0.2) is 23.4 Å². The third-order valence-electron chi connectivity index (χ3n) is 2.35. The fraction of sp³-hybridized carbons (Fsp3) is 0.700. The quantitative estimate of drug-likeness (QED) is 0.497. The van der Waals surface area contributed by atoms with E-state index in [2.05, 4.69) is 5.92 Å². The van der Waals surface area contributed by atoms with E-state index in [0.29, 0.717) is 0 Å². The molecule has 0 spiro atoms. The summed E-state index contributed by atoms with van der Waals surface area (Å²) < 4.78 is 0. The zero-order valence-electron chi connectivity index (χ0n) is 7.55. The van der Waals surface area contributed by atoms with Crippen molar-refractivity contribution >= 4 is 5.91 Å². The van der Waals surface area contributed by atoms with Crippen LogP contribution in [0.15, 0.2) is 0 Å². The molecule has 1 heterocycles. The van der Waals surface area contributed by atoms with Crippen molar-refractivity contribution in [1.82, 2.24) is 4.90 Å². The van der Waals surface area contributed by atoms with Gasteiger partial charge in [-0.2, -0.15) is 0 Å². The number of hydrogen-bond donors (Lipinski definition) is 0. The average molecular weight is 165 g/mol. The summed E-state index contributed by atoms with van der Waals surface area (Å²) in [6, 6.07) is 0.0463. The van der Waals surface area contributed by atoms with Gasteiger partial charge in [0.15, 0.2) is 0 Å². The first-order chi connectivity index (χ1) is 5.75. The summed E-state index contributed by atoms with van der Waals surface area (Å²) in [5.41, 5.74) is 0. The maximum absolute atomic E-state index is 11.2. The van der Waals surface area contributed by atoms with E-state index in [0.717, 1.165) is 25.8 Å². The molecule has 0 unspecified atom stereocenters. The molecular weight excluding hydrogens is 150 g/mol. The smallest absolute Gasteiger partial charge is 0.220 e. The Morgan fingerprint density at radius 3 is 2.83 bits per heavy atom. The van der Waals surface area contributed by atoms with Crippen molar-refractivity contribution < 1.29 is 4.79 Å². The van der Waals surface area contributed by atoms with Gasteiger partial charge in [-0.15, -0.1) is 6.42 Å².